The molecule has 1 amide bonds. The topological polar surface area (TPSA) is 79.5 Å². The summed E-state index contributed by atoms with van der Waals surface area (Å²) in [4.78, 5) is 21.6. The number of halogens is 1. The average molecular weight is 322 g/mol. The van der Waals surface area contributed by atoms with Gasteiger partial charge in [-0.05, 0) is 28.1 Å². The van der Waals surface area contributed by atoms with E-state index in [-0.39, 0.29) is 5.91 Å². The molecule has 0 radical (unpaired) electrons. The van der Waals surface area contributed by atoms with E-state index in [1.807, 2.05) is 6.07 Å². The van der Waals surface area contributed by atoms with Gasteiger partial charge in [-0.3, -0.25) is 4.79 Å². The summed E-state index contributed by atoms with van der Waals surface area (Å²) in [5, 5.41) is 11.2. The van der Waals surface area contributed by atoms with E-state index in [1.54, 1.807) is 6.07 Å². The van der Waals surface area contributed by atoms with Crippen molar-refractivity contribution >= 4 is 39.6 Å². The number of carboxylic acids is 1. The van der Waals surface area contributed by atoms with Gasteiger partial charge >= 0.3 is 5.97 Å². The molecule has 1 heterocycles. The van der Waals surface area contributed by atoms with E-state index in [2.05, 4.69) is 21.2 Å². The lowest BCUT2D eigenvalue weighted by Gasteiger charge is -2.11. The molecule has 1 atom stereocenters. The first-order valence-electron chi connectivity index (χ1n) is 4.81. The SMILES string of the molecule is CC(=O)NC(CSCc1ccc(Br)o1)C(=O)O. The van der Waals surface area contributed by atoms with Gasteiger partial charge < -0.3 is 14.8 Å². The van der Waals surface area contributed by atoms with Crippen molar-refractivity contribution < 1.29 is 19.1 Å². The standard InChI is InChI=1S/C10H12BrNO4S/c1-6(13)12-8(10(14)15)5-17-4-7-2-3-9(11)16-7/h2-3,8H,4-5H2,1H3,(H,12,13)(H,14,15). The maximum atomic E-state index is 10.8. The van der Waals surface area contributed by atoms with E-state index in [1.165, 1.54) is 18.7 Å². The third-order valence-electron chi connectivity index (χ3n) is 1.83. The van der Waals surface area contributed by atoms with Gasteiger partial charge in [0.05, 0.1) is 5.75 Å². The van der Waals surface area contributed by atoms with E-state index < -0.39 is 12.0 Å². The monoisotopic (exact) mass is 321 g/mol. The van der Waals surface area contributed by atoms with Crippen molar-refractivity contribution in [2.24, 2.45) is 0 Å². The van der Waals surface area contributed by atoms with Crippen LogP contribution < -0.4 is 5.32 Å². The highest BCUT2D eigenvalue weighted by molar-refractivity contribution is 9.10. The minimum Gasteiger partial charge on any atom is -0.480 e. The van der Waals surface area contributed by atoms with Crippen LogP contribution in [0.15, 0.2) is 21.2 Å². The highest BCUT2D eigenvalue weighted by atomic mass is 79.9. The average Bonchev–Trinajstić information content (AvgIpc) is 2.62. The van der Waals surface area contributed by atoms with E-state index in [9.17, 15) is 9.59 Å². The molecule has 0 aliphatic rings. The Balaban J connectivity index is 2.37. The van der Waals surface area contributed by atoms with Crippen molar-refractivity contribution in [1.82, 2.24) is 5.32 Å². The van der Waals surface area contributed by atoms with E-state index >= 15 is 0 Å². The highest BCUT2D eigenvalue weighted by Crippen LogP contribution is 2.19. The van der Waals surface area contributed by atoms with Crippen molar-refractivity contribution in [1.29, 1.82) is 0 Å². The number of carbonyl (C=O) groups excluding carboxylic acids is 1. The molecule has 0 aliphatic carbocycles. The molecule has 17 heavy (non-hydrogen) atoms. The maximum absolute atomic E-state index is 10.8. The Hall–Kier alpha value is -0.950. The quantitative estimate of drug-likeness (QED) is 0.836. The molecule has 0 aromatic carbocycles. The number of furan rings is 1. The Morgan fingerprint density at radius 3 is 2.76 bits per heavy atom. The Morgan fingerprint density at radius 2 is 2.29 bits per heavy atom. The summed E-state index contributed by atoms with van der Waals surface area (Å²) in [5.74, 6) is 0.239. The number of hydrogen-bond donors (Lipinski definition) is 2. The molecule has 0 spiro atoms. The summed E-state index contributed by atoms with van der Waals surface area (Å²) in [6.07, 6.45) is 0. The van der Waals surface area contributed by atoms with Gasteiger partial charge in [0, 0.05) is 12.7 Å². The van der Waals surface area contributed by atoms with Gasteiger partial charge in [0.2, 0.25) is 5.91 Å². The Morgan fingerprint density at radius 1 is 1.59 bits per heavy atom. The fourth-order valence-electron chi connectivity index (χ4n) is 1.13. The molecule has 0 aliphatic heterocycles. The highest BCUT2D eigenvalue weighted by Gasteiger charge is 2.18. The third kappa shape index (κ3) is 5.27. The van der Waals surface area contributed by atoms with E-state index in [0.29, 0.717) is 16.2 Å². The smallest absolute Gasteiger partial charge is 0.327 e. The summed E-state index contributed by atoms with van der Waals surface area (Å²) < 4.78 is 5.91. The molecular weight excluding hydrogens is 310 g/mol. The minimum absolute atomic E-state index is 0.299. The first-order valence-corrected chi connectivity index (χ1v) is 6.75. The molecule has 0 bridgehead atoms. The fraction of sp³-hybridized carbons (Fsp3) is 0.400. The number of hydrogen-bond acceptors (Lipinski definition) is 4. The summed E-state index contributed by atoms with van der Waals surface area (Å²) >= 11 is 4.57. The van der Waals surface area contributed by atoms with Crippen LogP contribution in [0, 0.1) is 0 Å². The van der Waals surface area contributed by atoms with Crippen LogP contribution in [0.4, 0.5) is 0 Å². The van der Waals surface area contributed by atoms with E-state index in [4.69, 9.17) is 9.52 Å². The van der Waals surface area contributed by atoms with Gasteiger partial charge in [-0.2, -0.15) is 11.8 Å². The van der Waals surface area contributed by atoms with Crippen LogP contribution in [-0.4, -0.2) is 28.8 Å². The lowest BCUT2D eigenvalue weighted by atomic mass is 10.3. The number of aliphatic carboxylic acids is 1. The first kappa shape index (κ1) is 14.1. The summed E-state index contributed by atoms with van der Waals surface area (Å²) in [6.45, 7) is 1.30. The van der Waals surface area contributed by atoms with Crippen LogP contribution >= 0.6 is 27.7 Å². The predicted octanol–water partition coefficient (Wildman–Crippen LogP) is 1.86. The largest absolute Gasteiger partial charge is 0.480 e. The molecule has 0 saturated heterocycles. The third-order valence-corrected chi connectivity index (χ3v) is 3.32. The second-order valence-electron chi connectivity index (χ2n) is 3.31. The van der Waals surface area contributed by atoms with Crippen LogP contribution in [0.2, 0.25) is 0 Å². The summed E-state index contributed by atoms with van der Waals surface area (Å²) in [6, 6.07) is 2.72. The zero-order valence-corrected chi connectivity index (χ0v) is 11.5. The van der Waals surface area contributed by atoms with Gasteiger partial charge in [-0.25, -0.2) is 4.79 Å². The van der Waals surface area contributed by atoms with Crippen molar-refractivity contribution in [2.45, 2.75) is 18.7 Å². The van der Waals surface area contributed by atoms with Crippen molar-refractivity contribution in [3.05, 3.63) is 22.6 Å². The second kappa shape index (κ2) is 6.70. The van der Waals surface area contributed by atoms with Gasteiger partial charge in [0.15, 0.2) is 4.67 Å². The van der Waals surface area contributed by atoms with Crippen molar-refractivity contribution in [2.75, 3.05) is 5.75 Å². The van der Waals surface area contributed by atoms with Gasteiger partial charge in [0.25, 0.3) is 0 Å². The maximum Gasteiger partial charge on any atom is 0.327 e. The minimum atomic E-state index is -1.03. The lowest BCUT2D eigenvalue weighted by molar-refractivity contribution is -0.140. The molecule has 0 fully saturated rings. The number of carbonyl (C=O) groups is 2. The molecular formula is C10H12BrNO4S. The first-order chi connectivity index (χ1) is 7.99. The summed E-state index contributed by atoms with van der Waals surface area (Å²) in [5.41, 5.74) is 0. The zero-order valence-electron chi connectivity index (χ0n) is 9.10. The number of carboxylic acid groups (broad SMARTS) is 1. The van der Waals surface area contributed by atoms with Gasteiger partial charge in [-0.1, -0.05) is 0 Å². The van der Waals surface area contributed by atoms with Crippen LogP contribution in [0.1, 0.15) is 12.7 Å². The van der Waals surface area contributed by atoms with Gasteiger partial charge in [0.1, 0.15) is 11.8 Å². The zero-order chi connectivity index (χ0) is 12.8. The van der Waals surface area contributed by atoms with Crippen LogP contribution in [0.5, 0.6) is 0 Å². The predicted molar refractivity (Wildman–Crippen MR) is 67.8 cm³/mol. The number of amides is 1. The van der Waals surface area contributed by atoms with Crippen LogP contribution in [-0.2, 0) is 15.3 Å². The molecule has 1 rings (SSSR count). The molecule has 5 nitrogen and oxygen atoms in total. The number of nitrogens with one attached hydrogen (secondary N) is 1. The summed E-state index contributed by atoms with van der Waals surface area (Å²) in [7, 11) is 0. The lowest BCUT2D eigenvalue weighted by Crippen LogP contribution is -2.41. The Bertz CT molecular complexity index is 407. The molecule has 2 N–H and O–H groups in total. The number of rotatable bonds is 6. The molecule has 1 aromatic rings. The van der Waals surface area contributed by atoms with Crippen LogP contribution in [0.25, 0.3) is 0 Å². The molecule has 1 unspecified atom stereocenters. The second-order valence-corrected chi connectivity index (χ2v) is 5.12. The fourth-order valence-corrected chi connectivity index (χ4v) is 2.40. The van der Waals surface area contributed by atoms with Gasteiger partial charge in [-0.15, -0.1) is 0 Å². The molecule has 1 aromatic heterocycles. The van der Waals surface area contributed by atoms with E-state index in [0.717, 1.165) is 5.76 Å². The van der Waals surface area contributed by atoms with Crippen molar-refractivity contribution in [3.8, 4) is 0 Å². The Labute approximate surface area is 111 Å². The Kier molecular flexibility index (Phi) is 5.57. The molecule has 0 saturated carbocycles. The normalized spacial score (nSPS) is 12.1. The van der Waals surface area contributed by atoms with Crippen molar-refractivity contribution in [3.63, 3.8) is 0 Å². The van der Waals surface area contributed by atoms with Crippen LogP contribution in [0.3, 0.4) is 0 Å². The number of thioether (sulfide) groups is 1. The molecule has 94 valence electrons. The molecule has 7 heteroatoms.